The SMILES string of the molecule is CCNC(=NCC1(C)COC1)NCCC(C)N(C)Cc1ccccc1.I. The highest BCUT2D eigenvalue weighted by atomic mass is 127. The molecule has 0 amide bonds. The van der Waals surface area contributed by atoms with Gasteiger partial charge in [-0.3, -0.25) is 9.89 Å². The number of benzene rings is 1. The van der Waals surface area contributed by atoms with Crippen molar-refractivity contribution in [2.45, 2.75) is 39.8 Å². The Morgan fingerprint density at radius 3 is 2.54 bits per heavy atom. The first-order chi connectivity index (χ1) is 12.0. The van der Waals surface area contributed by atoms with E-state index < -0.39 is 0 Å². The van der Waals surface area contributed by atoms with Crippen LogP contribution in [0.5, 0.6) is 0 Å². The van der Waals surface area contributed by atoms with Gasteiger partial charge in [-0.15, -0.1) is 24.0 Å². The van der Waals surface area contributed by atoms with Gasteiger partial charge in [0.15, 0.2) is 5.96 Å². The van der Waals surface area contributed by atoms with Crippen LogP contribution in [-0.4, -0.2) is 56.8 Å². The number of guanidine groups is 1. The van der Waals surface area contributed by atoms with Crippen LogP contribution in [0.15, 0.2) is 35.3 Å². The minimum absolute atomic E-state index is 0. The summed E-state index contributed by atoms with van der Waals surface area (Å²) in [6.07, 6.45) is 1.08. The van der Waals surface area contributed by atoms with Gasteiger partial charge in [0, 0.05) is 31.1 Å². The van der Waals surface area contributed by atoms with E-state index in [0.29, 0.717) is 6.04 Å². The highest BCUT2D eigenvalue weighted by Crippen LogP contribution is 2.26. The maximum atomic E-state index is 5.30. The molecule has 2 N–H and O–H groups in total. The van der Waals surface area contributed by atoms with E-state index in [-0.39, 0.29) is 29.4 Å². The first kappa shape index (κ1) is 23.2. The first-order valence-electron chi connectivity index (χ1n) is 9.36. The van der Waals surface area contributed by atoms with Crippen LogP contribution in [0, 0.1) is 5.41 Å². The number of hydrogen-bond donors (Lipinski definition) is 2. The number of hydrogen-bond acceptors (Lipinski definition) is 3. The van der Waals surface area contributed by atoms with Crippen LogP contribution < -0.4 is 10.6 Å². The third-order valence-electron chi connectivity index (χ3n) is 4.75. The normalized spacial score (nSPS) is 17.2. The molecule has 0 aliphatic carbocycles. The molecule has 1 aromatic rings. The van der Waals surface area contributed by atoms with Crippen LogP contribution in [0.2, 0.25) is 0 Å². The zero-order chi connectivity index (χ0) is 18.1. The number of halogens is 1. The fourth-order valence-corrected chi connectivity index (χ4v) is 2.80. The summed E-state index contributed by atoms with van der Waals surface area (Å²) >= 11 is 0. The molecule has 1 aliphatic rings. The zero-order valence-corrected chi connectivity index (χ0v) is 19.0. The van der Waals surface area contributed by atoms with Gasteiger partial charge in [0.25, 0.3) is 0 Å². The molecule has 1 aliphatic heterocycles. The smallest absolute Gasteiger partial charge is 0.191 e. The number of rotatable bonds is 9. The van der Waals surface area contributed by atoms with E-state index in [9.17, 15) is 0 Å². The molecule has 0 radical (unpaired) electrons. The van der Waals surface area contributed by atoms with Crippen molar-refractivity contribution in [3.8, 4) is 0 Å². The second-order valence-corrected chi connectivity index (χ2v) is 7.46. The predicted molar refractivity (Wildman–Crippen MR) is 120 cm³/mol. The predicted octanol–water partition coefficient (Wildman–Crippen LogP) is 3.11. The summed E-state index contributed by atoms with van der Waals surface area (Å²) in [5, 5.41) is 6.79. The summed E-state index contributed by atoms with van der Waals surface area (Å²) in [6, 6.07) is 11.1. The summed E-state index contributed by atoms with van der Waals surface area (Å²) in [7, 11) is 2.19. The largest absolute Gasteiger partial charge is 0.380 e. The van der Waals surface area contributed by atoms with Crippen molar-refractivity contribution in [2.75, 3.05) is 39.9 Å². The zero-order valence-electron chi connectivity index (χ0n) is 16.6. The van der Waals surface area contributed by atoms with Crippen molar-refractivity contribution in [3.63, 3.8) is 0 Å². The van der Waals surface area contributed by atoms with E-state index >= 15 is 0 Å². The van der Waals surface area contributed by atoms with Gasteiger partial charge in [-0.25, -0.2) is 0 Å². The second kappa shape index (κ2) is 11.8. The minimum atomic E-state index is 0. The third-order valence-corrected chi connectivity index (χ3v) is 4.75. The third kappa shape index (κ3) is 7.80. The van der Waals surface area contributed by atoms with Gasteiger partial charge in [0.2, 0.25) is 0 Å². The highest BCUT2D eigenvalue weighted by Gasteiger charge is 2.33. The van der Waals surface area contributed by atoms with Crippen molar-refractivity contribution >= 4 is 29.9 Å². The van der Waals surface area contributed by atoms with Crippen molar-refractivity contribution in [2.24, 2.45) is 10.4 Å². The Balaban J connectivity index is 0.00000338. The lowest BCUT2D eigenvalue weighted by atomic mass is 9.89. The van der Waals surface area contributed by atoms with Crippen LogP contribution in [0.25, 0.3) is 0 Å². The standard InChI is InChI=1S/C20H34N4O.HI/c1-5-21-19(23-14-20(3)15-25-16-20)22-12-11-17(2)24(4)13-18-9-7-6-8-10-18;/h6-10,17H,5,11-16H2,1-4H3,(H2,21,22,23);1H. The number of nitrogens with one attached hydrogen (secondary N) is 2. The van der Waals surface area contributed by atoms with Crippen LogP contribution in [0.4, 0.5) is 0 Å². The molecule has 1 saturated heterocycles. The summed E-state index contributed by atoms with van der Waals surface area (Å²) in [4.78, 5) is 7.11. The van der Waals surface area contributed by atoms with Crippen LogP contribution in [0.1, 0.15) is 32.8 Å². The van der Waals surface area contributed by atoms with Crippen molar-refractivity contribution in [3.05, 3.63) is 35.9 Å². The van der Waals surface area contributed by atoms with Crippen LogP contribution in [-0.2, 0) is 11.3 Å². The van der Waals surface area contributed by atoms with Gasteiger partial charge >= 0.3 is 0 Å². The van der Waals surface area contributed by atoms with Gasteiger partial charge in [0.1, 0.15) is 0 Å². The monoisotopic (exact) mass is 474 g/mol. The van der Waals surface area contributed by atoms with E-state index in [0.717, 1.165) is 51.8 Å². The van der Waals surface area contributed by atoms with Gasteiger partial charge in [-0.1, -0.05) is 37.3 Å². The van der Waals surface area contributed by atoms with Crippen molar-refractivity contribution < 1.29 is 4.74 Å². The Morgan fingerprint density at radius 1 is 1.27 bits per heavy atom. The Labute approximate surface area is 176 Å². The minimum Gasteiger partial charge on any atom is -0.380 e. The van der Waals surface area contributed by atoms with Gasteiger partial charge in [0.05, 0.1) is 19.8 Å². The highest BCUT2D eigenvalue weighted by molar-refractivity contribution is 14.0. The molecular formula is C20H35IN4O. The Hall–Kier alpha value is -0.860. The number of nitrogens with zero attached hydrogens (tertiary/aromatic N) is 2. The van der Waals surface area contributed by atoms with E-state index in [1.54, 1.807) is 0 Å². The van der Waals surface area contributed by atoms with Crippen LogP contribution in [0.3, 0.4) is 0 Å². The Kier molecular flexibility index (Phi) is 10.5. The van der Waals surface area contributed by atoms with Gasteiger partial charge in [-0.2, -0.15) is 0 Å². The number of aliphatic imine (C=N–C) groups is 1. The molecule has 1 heterocycles. The fraction of sp³-hybridized carbons (Fsp3) is 0.650. The Bertz CT molecular complexity index is 534. The molecule has 0 saturated carbocycles. The first-order valence-corrected chi connectivity index (χ1v) is 9.36. The lowest BCUT2D eigenvalue weighted by Gasteiger charge is -2.36. The van der Waals surface area contributed by atoms with E-state index in [4.69, 9.17) is 9.73 Å². The molecule has 0 aromatic heterocycles. The maximum Gasteiger partial charge on any atom is 0.191 e. The molecule has 0 bridgehead atoms. The van der Waals surface area contributed by atoms with E-state index in [1.165, 1.54) is 5.56 Å². The fourth-order valence-electron chi connectivity index (χ4n) is 2.80. The summed E-state index contributed by atoms with van der Waals surface area (Å²) in [5.74, 6) is 0.911. The number of ether oxygens (including phenoxy) is 1. The molecule has 2 rings (SSSR count). The van der Waals surface area contributed by atoms with E-state index in [2.05, 4.69) is 73.7 Å². The molecule has 1 aromatic carbocycles. The quantitative estimate of drug-likeness (QED) is 0.328. The van der Waals surface area contributed by atoms with Crippen molar-refractivity contribution in [1.82, 2.24) is 15.5 Å². The second-order valence-electron chi connectivity index (χ2n) is 7.46. The van der Waals surface area contributed by atoms with Gasteiger partial charge in [-0.05, 0) is 32.9 Å². The molecule has 5 nitrogen and oxygen atoms in total. The summed E-state index contributed by atoms with van der Waals surface area (Å²) < 4.78 is 5.30. The summed E-state index contributed by atoms with van der Waals surface area (Å²) in [6.45, 7) is 11.8. The van der Waals surface area contributed by atoms with Crippen molar-refractivity contribution in [1.29, 1.82) is 0 Å². The lowest BCUT2D eigenvalue weighted by molar-refractivity contribution is -0.0945. The van der Waals surface area contributed by atoms with E-state index in [1.807, 2.05) is 0 Å². The molecule has 148 valence electrons. The average Bonchev–Trinajstić information content (AvgIpc) is 2.58. The molecular weight excluding hydrogens is 439 g/mol. The topological polar surface area (TPSA) is 48.9 Å². The molecule has 1 unspecified atom stereocenters. The lowest BCUT2D eigenvalue weighted by Crippen LogP contribution is -2.45. The molecule has 0 spiro atoms. The maximum absolute atomic E-state index is 5.30. The molecule has 26 heavy (non-hydrogen) atoms. The summed E-state index contributed by atoms with van der Waals surface area (Å²) in [5.41, 5.74) is 1.57. The average molecular weight is 474 g/mol. The molecule has 6 heteroatoms. The molecule has 1 fully saturated rings. The van der Waals surface area contributed by atoms with Crippen LogP contribution >= 0.6 is 24.0 Å². The molecule has 1 atom stereocenters. The Morgan fingerprint density at radius 2 is 1.96 bits per heavy atom. The van der Waals surface area contributed by atoms with Gasteiger partial charge < -0.3 is 15.4 Å².